The highest BCUT2D eigenvalue weighted by atomic mass is 79.9. The number of halogens is 1. The number of carbonyl (C=O) groups is 3. The Hall–Kier alpha value is -2.87. The molecule has 0 aliphatic carbocycles. The molecule has 1 aromatic heterocycles. The van der Waals surface area contributed by atoms with Crippen molar-refractivity contribution in [3.05, 3.63) is 64.0 Å². The van der Waals surface area contributed by atoms with Crippen molar-refractivity contribution in [1.82, 2.24) is 20.3 Å². The minimum Gasteiger partial charge on any atom is -0.345 e. The molecule has 2 N–H and O–H groups in total. The van der Waals surface area contributed by atoms with Crippen LogP contribution in [0.15, 0.2) is 47.2 Å². The summed E-state index contributed by atoms with van der Waals surface area (Å²) in [4.78, 5) is 38.1. The zero-order chi connectivity index (χ0) is 19.6. The van der Waals surface area contributed by atoms with Crippen molar-refractivity contribution in [2.45, 2.75) is 19.4 Å². The van der Waals surface area contributed by atoms with Crippen LogP contribution in [0.2, 0.25) is 0 Å². The Bertz CT molecular complexity index is 935. The lowest BCUT2D eigenvalue weighted by Crippen LogP contribution is -2.44. The second-order valence-electron chi connectivity index (χ2n) is 6.25. The van der Waals surface area contributed by atoms with Crippen LogP contribution in [0, 0.1) is 0 Å². The fourth-order valence-corrected chi connectivity index (χ4v) is 3.60. The molecule has 1 aliphatic rings. The van der Waals surface area contributed by atoms with Gasteiger partial charge < -0.3 is 9.47 Å². The van der Waals surface area contributed by atoms with E-state index in [4.69, 9.17) is 0 Å². The Morgan fingerprint density at radius 2 is 1.93 bits per heavy atom. The number of hydrogen-bond acceptors (Lipinski definition) is 3. The molecular weight excluding hydrogens is 412 g/mol. The fourth-order valence-electron chi connectivity index (χ4n) is 3.08. The van der Waals surface area contributed by atoms with Crippen LogP contribution in [0.5, 0.6) is 0 Å². The largest absolute Gasteiger partial charge is 0.345 e. The molecule has 3 rings (SSSR count). The first-order chi connectivity index (χ1) is 12.9. The highest BCUT2D eigenvalue weighted by molar-refractivity contribution is 9.10. The van der Waals surface area contributed by atoms with E-state index in [1.165, 1.54) is 11.8 Å². The molecule has 1 unspecified atom stereocenters. The smallest absolute Gasteiger partial charge is 0.286 e. The molecule has 1 atom stereocenters. The van der Waals surface area contributed by atoms with Gasteiger partial charge in [-0.3, -0.25) is 25.2 Å². The number of benzene rings is 1. The summed E-state index contributed by atoms with van der Waals surface area (Å²) in [5.41, 5.74) is 7.09. The Kier molecular flexibility index (Phi) is 5.46. The molecule has 0 bridgehead atoms. The van der Waals surface area contributed by atoms with E-state index in [2.05, 4.69) is 26.8 Å². The predicted octanol–water partition coefficient (Wildman–Crippen LogP) is 2.51. The first-order valence-electron chi connectivity index (χ1n) is 8.34. The summed E-state index contributed by atoms with van der Waals surface area (Å²) in [5.74, 6) is -0.974. The molecule has 2 aromatic rings. The molecule has 3 amide bonds. The lowest BCUT2D eigenvalue weighted by molar-refractivity contribution is -0.130. The topological polar surface area (TPSA) is 83.4 Å². The van der Waals surface area contributed by atoms with Crippen LogP contribution in [-0.4, -0.2) is 27.2 Å². The zero-order valence-electron chi connectivity index (χ0n) is 14.9. The highest BCUT2D eigenvalue weighted by Gasteiger charge is 2.28. The third-order valence-electron chi connectivity index (χ3n) is 4.37. The van der Waals surface area contributed by atoms with Crippen molar-refractivity contribution in [1.29, 1.82) is 0 Å². The van der Waals surface area contributed by atoms with E-state index >= 15 is 0 Å². The Morgan fingerprint density at radius 1 is 1.19 bits per heavy atom. The van der Waals surface area contributed by atoms with Gasteiger partial charge in [-0.1, -0.05) is 24.3 Å². The molecule has 0 radical (unpaired) electrons. The number of hydrazine groups is 1. The first kappa shape index (κ1) is 18.9. The van der Waals surface area contributed by atoms with Crippen LogP contribution in [0.3, 0.4) is 0 Å². The van der Waals surface area contributed by atoms with E-state index in [-0.39, 0.29) is 12.3 Å². The second-order valence-corrected chi connectivity index (χ2v) is 7.16. The SMILES string of the molecule is CC(=O)N1C=Cc2ccccc2C1CC(=O)NNC(=O)c1cc(Br)cn1C. The maximum absolute atomic E-state index is 12.4. The van der Waals surface area contributed by atoms with Crippen molar-refractivity contribution in [3.8, 4) is 0 Å². The minimum absolute atomic E-state index is 0.0258. The number of carbonyl (C=O) groups excluding carboxylic acids is 3. The summed E-state index contributed by atoms with van der Waals surface area (Å²) in [7, 11) is 1.73. The third kappa shape index (κ3) is 4.11. The molecule has 7 nitrogen and oxygen atoms in total. The maximum Gasteiger partial charge on any atom is 0.286 e. The average molecular weight is 431 g/mol. The molecule has 2 heterocycles. The van der Waals surface area contributed by atoms with E-state index in [0.717, 1.165) is 15.6 Å². The minimum atomic E-state index is -0.427. The molecule has 27 heavy (non-hydrogen) atoms. The van der Waals surface area contributed by atoms with Crippen molar-refractivity contribution in [3.63, 3.8) is 0 Å². The van der Waals surface area contributed by atoms with Gasteiger partial charge in [-0.05, 0) is 39.2 Å². The Labute approximate surface area is 165 Å². The Morgan fingerprint density at radius 3 is 2.59 bits per heavy atom. The number of nitrogens with zero attached hydrogens (tertiary/aromatic N) is 2. The van der Waals surface area contributed by atoms with Gasteiger partial charge in [-0.25, -0.2) is 0 Å². The summed E-state index contributed by atoms with van der Waals surface area (Å²) in [5, 5.41) is 0. The summed E-state index contributed by atoms with van der Waals surface area (Å²) in [6.45, 7) is 1.46. The number of hydrogen-bond donors (Lipinski definition) is 2. The molecule has 0 saturated carbocycles. The van der Waals surface area contributed by atoms with Gasteiger partial charge >= 0.3 is 0 Å². The second kappa shape index (κ2) is 7.79. The summed E-state index contributed by atoms with van der Waals surface area (Å²) >= 11 is 3.30. The van der Waals surface area contributed by atoms with Gasteiger partial charge in [-0.2, -0.15) is 0 Å². The predicted molar refractivity (Wildman–Crippen MR) is 104 cm³/mol. The molecule has 1 aromatic carbocycles. The third-order valence-corrected chi connectivity index (χ3v) is 4.80. The number of aromatic nitrogens is 1. The maximum atomic E-state index is 12.4. The number of aryl methyl sites for hydroxylation is 1. The number of fused-ring (bicyclic) bond motifs is 1. The molecule has 0 saturated heterocycles. The van der Waals surface area contributed by atoms with Gasteiger partial charge in [-0.15, -0.1) is 0 Å². The lowest BCUT2D eigenvalue weighted by Gasteiger charge is -2.32. The molecule has 1 aliphatic heterocycles. The first-order valence-corrected chi connectivity index (χ1v) is 9.13. The Balaban J connectivity index is 1.68. The van der Waals surface area contributed by atoms with Gasteiger partial charge in [0.05, 0.1) is 12.5 Å². The summed E-state index contributed by atoms with van der Waals surface area (Å²) in [6.07, 6.45) is 5.30. The summed E-state index contributed by atoms with van der Waals surface area (Å²) < 4.78 is 2.41. The molecular formula is C19H19BrN4O3. The van der Waals surface area contributed by atoms with Crippen molar-refractivity contribution < 1.29 is 14.4 Å². The van der Waals surface area contributed by atoms with Crippen molar-refractivity contribution in [2.24, 2.45) is 7.05 Å². The van der Waals surface area contributed by atoms with Crippen LogP contribution in [0.1, 0.15) is 41.0 Å². The van der Waals surface area contributed by atoms with Crippen LogP contribution < -0.4 is 10.9 Å². The summed E-state index contributed by atoms with van der Waals surface area (Å²) in [6, 6.07) is 8.83. The van der Waals surface area contributed by atoms with Crippen molar-refractivity contribution in [2.75, 3.05) is 0 Å². The quantitative estimate of drug-likeness (QED) is 0.733. The van der Waals surface area contributed by atoms with Gasteiger partial charge in [0.1, 0.15) is 5.69 Å². The molecule has 8 heteroatoms. The van der Waals surface area contributed by atoms with Crippen molar-refractivity contribution >= 4 is 39.7 Å². The zero-order valence-corrected chi connectivity index (χ0v) is 16.5. The standard InChI is InChI=1S/C19H19BrN4O3/c1-12(25)24-8-7-13-5-3-4-6-15(13)16(24)10-18(26)21-22-19(27)17-9-14(20)11-23(17)2/h3-9,11,16H,10H2,1-2H3,(H,21,26)(H,22,27). The van der Waals surface area contributed by atoms with Crippen LogP contribution in [0.25, 0.3) is 6.08 Å². The van der Waals surface area contributed by atoms with E-state index in [1.54, 1.807) is 30.1 Å². The lowest BCUT2D eigenvalue weighted by atomic mass is 9.93. The van der Waals surface area contributed by atoms with Crippen LogP contribution in [0.4, 0.5) is 0 Å². The monoisotopic (exact) mass is 430 g/mol. The highest BCUT2D eigenvalue weighted by Crippen LogP contribution is 2.32. The molecule has 0 fully saturated rings. The van der Waals surface area contributed by atoms with E-state index in [9.17, 15) is 14.4 Å². The number of amides is 3. The van der Waals surface area contributed by atoms with Gasteiger partial charge in [0.2, 0.25) is 11.8 Å². The van der Waals surface area contributed by atoms with Crippen LogP contribution in [-0.2, 0) is 16.6 Å². The van der Waals surface area contributed by atoms with E-state index in [1.807, 2.05) is 30.3 Å². The van der Waals surface area contributed by atoms with E-state index in [0.29, 0.717) is 5.69 Å². The number of rotatable bonds is 3. The van der Waals surface area contributed by atoms with Gasteiger partial charge in [0.15, 0.2) is 0 Å². The van der Waals surface area contributed by atoms with Gasteiger partial charge in [0.25, 0.3) is 5.91 Å². The van der Waals surface area contributed by atoms with Gasteiger partial charge in [0, 0.05) is 30.8 Å². The number of nitrogens with one attached hydrogen (secondary N) is 2. The molecule has 0 spiro atoms. The van der Waals surface area contributed by atoms with E-state index < -0.39 is 17.9 Å². The average Bonchev–Trinajstić information content (AvgIpc) is 2.98. The van der Waals surface area contributed by atoms with Crippen LogP contribution >= 0.6 is 15.9 Å². The normalized spacial score (nSPS) is 15.2. The molecule has 140 valence electrons. The fraction of sp³-hybridized carbons (Fsp3) is 0.211.